The lowest BCUT2D eigenvalue weighted by Gasteiger charge is -2.11. The van der Waals surface area contributed by atoms with Crippen LogP contribution in [0, 0.1) is 5.82 Å². The van der Waals surface area contributed by atoms with Crippen LogP contribution < -0.4 is 5.32 Å². The Bertz CT molecular complexity index is 619. The molecule has 0 spiro atoms. The Morgan fingerprint density at radius 3 is 2.53 bits per heavy atom. The van der Waals surface area contributed by atoms with Gasteiger partial charge in [-0.15, -0.1) is 0 Å². The Balaban J connectivity index is 2.19. The molecule has 19 heavy (non-hydrogen) atoms. The second-order valence-corrected chi connectivity index (χ2v) is 5.86. The van der Waals surface area contributed by atoms with Crippen molar-refractivity contribution in [3.63, 3.8) is 0 Å². The molecule has 1 nitrogen and oxygen atoms in total. The van der Waals surface area contributed by atoms with E-state index in [1.165, 1.54) is 12.1 Å². The minimum absolute atomic E-state index is 0.268. The van der Waals surface area contributed by atoms with E-state index in [9.17, 15) is 4.39 Å². The lowest BCUT2D eigenvalue weighted by Crippen LogP contribution is -2.02. The molecule has 0 aliphatic rings. The largest absolute Gasteiger partial charge is 0.380 e. The SMILES string of the molecule is Fc1ccc(Cl)cc1CNc1ccc(Br)c(Cl)c1Cl. The van der Waals surface area contributed by atoms with E-state index in [2.05, 4.69) is 21.2 Å². The molecular weight excluding hydrogens is 375 g/mol. The Kier molecular flexibility index (Phi) is 4.96. The normalized spacial score (nSPS) is 10.6. The van der Waals surface area contributed by atoms with Gasteiger partial charge in [-0.3, -0.25) is 0 Å². The first-order valence-electron chi connectivity index (χ1n) is 5.30. The maximum Gasteiger partial charge on any atom is 0.128 e. The maximum absolute atomic E-state index is 13.6. The number of halogens is 5. The third-order valence-electron chi connectivity index (χ3n) is 2.51. The van der Waals surface area contributed by atoms with Crippen molar-refractivity contribution in [1.82, 2.24) is 0 Å². The summed E-state index contributed by atoms with van der Waals surface area (Å²) in [5, 5.41) is 4.32. The van der Waals surface area contributed by atoms with Gasteiger partial charge in [0.2, 0.25) is 0 Å². The second kappa shape index (κ2) is 6.31. The first-order chi connectivity index (χ1) is 8.99. The van der Waals surface area contributed by atoms with Gasteiger partial charge in [-0.25, -0.2) is 4.39 Å². The molecule has 2 rings (SSSR count). The fraction of sp³-hybridized carbons (Fsp3) is 0.0769. The third kappa shape index (κ3) is 3.54. The van der Waals surface area contributed by atoms with Gasteiger partial charge in [0.15, 0.2) is 0 Å². The smallest absolute Gasteiger partial charge is 0.128 e. The van der Waals surface area contributed by atoms with Crippen molar-refractivity contribution in [3.05, 3.63) is 61.3 Å². The van der Waals surface area contributed by atoms with Crippen LogP contribution >= 0.6 is 50.7 Å². The molecule has 0 radical (unpaired) electrons. The number of hydrogen-bond acceptors (Lipinski definition) is 1. The van der Waals surface area contributed by atoms with Gasteiger partial charge in [0.25, 0.3) is 0 Å². The van der Waals surface area contributed by atoms with Crippen molar-refractivity contribution in [2.24, 2.45) is 0 Å². The molecule has 0 heterocycles. The molecular formula is C13H8BrCl3FN. The predicted molar refractivity (Wildman–Crippen MR) is 82.9 cm³/mol. The van der Waals surface area contributed by atoms with Crippen LogP contribution in [-0.2, 0) is 6.54 Å². The molecule has 0 fully saturated rings. The Hall–Kier alpha value is -0.480. The molecule has 0 aliphatic heterocycles. The molecule has 0 saturated carbocycles. The number of rotatable bonds is 3. The van der Waals surface area contributed by atoms with E-state index in [-0.39, 0.29) is 12.4 Å². The standard InChI is InChI=1S/C13H8BrCl3FN/c14-9-2-4-11(13(17)12(9)16)19-6-7-5-8(15)1-3-10(7)18/h1-5,19H,6H2. The van der Waals surface area contributed by atoms with Crippen LogP contribution in [0.3, 0.4) is 0 Å². The summed E-state index contributed by atoms with van der Waals surface area (Å²) < 4.78 is 14.3. The van der Waals surface area contributed by atoms with E-state index < -0.39 is 0 Å². The highest BCUT2D eigenvalue weighted by atomic mass is 79.9. The minimum Gasteiger partial charge on any atom is -0.380 e. The molecule has 2 aromatic carbocycles. The van der Waals surface area contributed by atoms with Gasteiger partial charge in [0, 0.05) is 21.6 Å². The average Bonchev–Trinajstić information content (AvgIpc) is 2.39. The topological polar surface area (TPSA) is 12.0 Å². The van der Waals surface area contributed by atoms with Gasteiger partial charge in [-0.2, -0.15) is 0 Å². The van der Waals surface area contributed by atoms with Gasteiger partial charge < -0.3 is 5.32 Å². The van der Waals surface area contributed by atoms with Crippen LogP contribution in [0.4, 0.5) is 10.1 Å². The van der Waals surface area contributed by atoms with Crippen LogP contribution in [0.15, 0.2) is 34.8 Å². The average molecular weight is 383 g/mol. The van der Waals surface area contributed by atoms with Crippen LogP contribution in [0.1, 0.15) is 5.56 Å². The van der Waals surface area contributed by atoms with Crippen molar-refractivity contribution in [2.45, 2.75) is 6.54 Å². The number of benzene rings is 2. The first-order valence-corrected chi connectivity index (χ1v) is 7.23. The zero-order valence-electron chi connectivity index (χ0n) is 9.48. The molecule has 100 valence electrons. The number of hydrogen-bond donors (Lipinski definition) is 1. The zero-order chi connectivity index (χ0) is 14.0. The van der Waals surface area contributed by atoms with Crippen molar-refractivity contribution < 1.29 is 4.39 Å². The van der Waals surface area contributed by atoms with E-state index in [1.807, 2.05) is 0 Å². The van der Waals surface area contributed by atoms with E-state index in [1.54, 1.807) is 18.2 Å². The van der Waals surface area contributed by atoms with Crippen molar-refractivity contribution in [3.8, 4) is 0 Å². The van der Waals surface area contributed by atoms with Crippen LogP contribution in [0.25, 0.3) is 0 Å². The molecule has 0 aliphatic carbocycles. The summed E-state index contributed by atoms with van der Waals surface area (Å²) in [5.41, 5.74) is 1.09. The molecule has 1 N–H and O–H groups in total. The molecule has 0 saturated heterocycles. The van der Waals surface area contributed by atoms with E-state index in [4.69, 9.17) is 34.8 Å². The minimum atomic E-state index is -0.323. The molecule has 0 atom stereocenters. The van der Waals surface area contributed by atoms with Gasteiger partial charge in [0.05, 0.1) is 15.7 Å². The van der Waals surface area contributed by atoms with Gasteiger partial charge >= 0.3 is 0 Å². The van der Waals surface area contributed by atoms with Gasteiger partial charge in [-0.05, 0) is 46.3 Å². The van der Waals surface area contributed by atoms with Crippen molar-refractivity contribution in [1.29, 1.82) is 0 Å². The monoisotopic (exact) mass is 381 g/mol. The van der Waals surface area contributed by atoms with Crippen LogP contribution in [-0.4, -0.2) is 0 Å². The molecule has 0 amide bonds. The van der Waals surface area contributed by atoms with Gasteiger partial charge in [0.1, 0.15) is 5.82 Å². The summed E-state index contributed by atoms with van der Waals surface area (Å²) in [7, 11) is 0. The third-order valence-corrected chi connectivity index (χ3v) is 4.52. The lowest BCUT2D eigenvalue weighted by molar-refractivity contribution is 0.613. The lowest BCUT2D eigenvalue weighted by atomic mass is 10.2. The summed E-state index contributed by atoms with van der Waals surface area (Å²) in [6.07, 6.45) is 0. The fourth-order valence-electron chi connectivity index (χ4n) is 1.53. The molecule has 0 aromatic heterocycles. The Morgan fingerprint density at radius 2 is 1.79 bits per heavy atom. The second-order valence-electron chi connectivity index (χ2n) is 3.81. The molecule has 6 heteroatoms. The summed E-state index contributed by atoms with van der Waals surface area (Å²) >= 11 is 21.2. The number of nitrogens with one attached hydrogen (secondary N) is 1. The Labute approximate surface area is 133 Å². The van der Waals surface area contributed by atoms with Crippen molar-refractivity contribution in [2.75, 3.05) is 5.32 Å². The maximum atomic E-state index is 13.6. The molecule has 0 unspecified atom stereocenters. The highest BCUT2D eigenvalue weighted by Crippen LogP contribution is 2.36. The first kappa shape index (κ1) is 14.9. The van der Waals surface area contributed by atoms with Crippen molar-refractivity contribution >= 4 is 56.4 Å². The summed E-state index contributed by atoms with van der Waals surface area (Å²) in [6.45, 7) is 0.268. The summed E-state index contributed by atoms with van der Waals surface area (Å²) in [5.74, 6) is -0.323. The fourth-order valence-corrected chi connectivity index (χ4v) is 2.57. The summed E-state index contributed by atoms with van der Waals surface area (Å²) in [4.78, 5) is 0. The highest BCUT2D eigenvalue weighted by Gasteiger charge is 2.09. The molecule has 2 aromatic rings. The number of anilines is 1. The highest BCUT2D eigenvalue weighted by molar-refractivity contribution is 9.10. The molecule has 0 bridgehead atoms. The zero-order valence-corrected chi connectivity index (χ0v) is 13.3. The van der Waals surface area contributed by atoms with E-state index in [0.29, 0.717) is 30.8 Å². The Morgan fingerprint density at radius 1 is 1.05 bits per heavy atom. The van der Waals surface area contributed by atoms with Gasteiger partial charge in [-0.1, -0.05) is 34.8 Å². The van der Waals surface area contributed by atoms with Crippen LogP contribution in [0.2, 0.25) is 15.1 Å². The van der Waals surface area contributed by atoms with E-state index in [0.717, 1.165) is 0 Å². The van der Waals surface area contributed by atoms with E-state index >= 15 is 0 Å². The predicted octanol–water partition coefficient (Wildman–Crippen LogP) is 6.16. The summed E-state index contributed by atoms with van der Waals surface area (Å²) in [6, 6.07) is 7.93. The van der Waals surface area contributed by atoms with Crippen LogP contribution in [0.5, 0.6) is 0 Å². The quantitative estimate of drug-likeness (QED) is 0.626.